The van der Waals surface area contributed by atoms with Gasteiger partial charge in [-0.3, -0.25) is 0 Å². The zero-order valence-electron chi connectivity index (χ0n) is 9.13. The molecule has 0 spiro atoms. The highest BCUT2D eigenvalue weighted by atomic mass is 14.9. The van der Waals surface area contributed by atoms with Crippen LogP contribution in [0, 0.1) is 5.92 Å². The summed E-state index contributed by atoms with van der Waals surface area (Å²) >= 11 is 0. The second kappa shape index (κ2) is 4.79. The van der Waals surface area contributed by atoms with E-state index in [-0.39, 0.29) is 0 Å². The fraction of sp³-hybridized carbons (Fsp3) is 0.692. The van der Waals surface area contributed by atoms with Crippen LogP contribution in [0.25, 0.3) is 0 Å². The van der Waals surface area contributed by atoms with Crippen LogP contribution >= 0.6 is 0 Å². The van der Waals surface area contributed by atoms with E-state index in [0.717, 1.165) is 18.5 Å². The normalized spacial score (nSPS) is 36.2. The van der Waals surface area contributed by atoms with E-state index in [1.54, 1.807) is 5.57 Å². The van der Waals surface area contributed by atoms with E-state index < -0.39 is 0 Å². The summed E-state index contributed by atoms with van der Waals surface area (Å²) in [5.41, 5.74) is 1.64. The van der Waals surface area contributed by atoms with Gasteiger partial charge in [-0.25, -0.2) is 0 Å². The summed E-state index contributed by atoms with van der Waals surface area (Å²) < 4.78 is 0. The quantitative estimate of drug-likeness (QED) is 0.628. The molecule has 0 aromatic carbocycles. The average Bonchev–Trinajstić information content (AvgIpc) is 2.23. The van der Waals surface area contributed by atoms with Gasteiger partial charge in [-0.1, -0.05) is 23.8 Å². The molecule has 0 radical (unpaired) electrons. The van der Waals surface area contributed by atoms with Gasteiger partial charge in [0.15, 0.2) is 0 Å². The zero-order chi connectivity index (χ0) is 9.80. The molecular weight excluding hydrogens is 170 g/mol. The van der Waals surface area contributed by atoms with Crippen molar-refractivity contribution in [2.75, 3.05) is 6.54 Å². The van der Waals surface area contributed by atoms with Crippen molar-refractivity contribution in [2.45, 2.75) is 45.1 Å². The van der Waals surface area contributed by atoms with Gasteiger partial charge in [0.1, 0.15) is 0 Å². The molecule has 1 N–H and O–H groups in total. The fourth-order valence-corrected chi connectivity index (χ4v) is 2.34. The first-order chi connectivity index (χ1) is 6.84. The third-order valence-electron chi connectivity index (χ3n) is 3.36. The molecule has 0 amide bonds. The van der Waals surface area contributed by atoms with E-state index >= 15 is 0 Å². The lowest BCUT2D eigenvalue weighted by molar-refractivity contribution is 0.478. The maximum absolute atomic E-state index is 3.54. The summed E-state index contributed by atoms with van der Waals surface area (Å²) in [6.07, 6.45) is 13.7. The molecule has 0 saturated carbocycles. The van der Waals surface area contributed by atoms with Gasteiger partial charge in [-0.2, -0.15) is 0 Å². The summed E-state index contributed by atoms with van der Waals surface area (Å²) in [4.78, 5) is 0. The molecule has 0 bridgehead atoms. The van der Waals surface area contributed by atoms with Crippen molar-refractivity contribution in [3.05, 3.63) is 23.8 Å². The van der Waals surface area contributed by atoms with Gasteiger partial charge < -0.3 is 5.32 Å². The maximum Gasteiger partial charge on any atom is 0.0167 e. The Labute approximate surface area is 87.3 Å². The summed E-state index contributed by atoms with van der Waals surface area (Å²) in [5, 5.41) is 3.54. The second-order valence-electron chi connectivity index (χ2n) is 4.69. The van der Waals surface area contributed by atoms with E-state index in [1.165, 1.54) is 32.1 Å². The SMILES string of the molecule is CC1CC/C(=C/C2CC=CCC2)CN1. The van der Waals surface area contributed by atoms with Gasteiger partial charge in [-0.15, -0.1) is 0 Å². The first-order valence-electron chi connectivity index (χ1n) is 5.92. The number of hydrogen-bond acceptors (Lipinski definition) is 1. The van der Waals surface area contributed by atoms with Crippen molar-refractivity contribution in [1.82, 2.24) is 5.32 Å². The van der Waals surface area contributed by atoms with Crippen LogP contribution < -0.4 is 5.32 Å². The van der Waals surface area contributed by atoms with Crippen molar-refractivity contribution in [3.8, 4) is 0 Å². The highest BCUT2D eigenvalue weighted by Gasteiger charge is 2.13. The molecule has 1 aliphatic heterocycles. The third kappa shape index (κ3) is 2.71. The van der Waals surface area contributed by atoms with Crippen LogP contribution in [0.3, 0.4) is 0 Å². The van der Waals surface area contributed by atoms with E-state index in [0.29, 0.717) is 0 Å². The first kappa shape index (κ1) is 9.97. The third-order valence-corrected chi connectivity index (χ3v) is 3.36. The van der Waals surface area contributed by atoms with Gasteiger partial charge in [0.25, 0.3) is 0 Å². The maximum atomic E-state index is 3.54. The van der Waals surface area contributed by atoms with Crippen molar-refractivity contribution in [3.63, 3.8) is 0 Å². The highest BCUT2D eigenvalue weighted by molar-refractivity contribution is 5.11. The van der Waals surface area contributed by atoms with Gasteiger partial charge in [0, 0.05) is 12.6 Å². The van der Waals surface area contributed by atoms with Gasteiger partial charge >= 0.3 is 0 Å². The van der Waals surface area contributed by atoms with Crippen LogP contribution in [-0.4, -0.2) is 12.6 Å². The molecule has 14 heavy (non-hydrogen) atoms. The fourth-order valence-electron chi connectivity index (χ4n) is 2.34. The molecule has 1 heteroatoms. The molecule has 2 atom stereocenters. The minimum absolute atomic E-state index is 0.721. The Balaban J connectivity index is 1.87. The smallest absolute Gasteiger partial charge is 0.0167 e. The number of rotatable bonds is 1. The molecule has 1 fully saturated rings. The predicted molar refractivity (Wildman–Crippen MR) is 61.3 cm³/mol. The van der Waals surface area contributed by atoms with E-state index in [1.807, 2.05) is 0 Å². The lowest BCUT2D eigenvalue weighted by Gasteiger charge is -2.24. The number of hydrogen-bond donors (Lipinski definition) is 1. The Morgan fingerprint density at radius 2 is 2.29 bits per heavy atom. The topological polar surface area (TPSA) is 12.0 Å². The van der Waals surface area contributed by atoms with Crippen LogP contribution in [0.4, 0.5) is 0 Å². The van der Waals surface area contributed by atoms with Crippen molar-refractivity contribution in [1.29, 1.82) is 0 Å². The lowest BCUT2D eigenvalue weighted by atomic mass is 9.90. The van der Waals surface area contributed by atoms with Gasteiger partial charge in [0.2, 0.25) is 0 Å². The molecule has 78 valence electrons. The van der Waals surface area contributed by atoms with Crippen molar-refractivity contribution in [2.24, 2.45) is 5.92 Å². The number of nitrogens with one attached hydrogen (secondary N) is 1. The minimum Gasteiger partial charge on any atom is -0.311 e. The summed E-state index contributed by atoms with van der Waals surface area (Å²) in [7, 11) is 0. The number of piperidine rings is 1. The molecule has 2 unspecified atom stereocenters. The van der Waals surface area contributed by atoms with Crippen LogP contribution in [0.1, 0.15) is 39.0 Å². The van der Waals surface area contributed by atoms with E-state index in [2.05, 4.69) is 30.5 Å². The van der Waals surface area contributed by atoms with Gasteiger partial charge in [0.05, 0.1) is 0 Å². The van der Waals surface area contributed by atoms with Crippen LogP contribution in [0.5, 0.6) is 0 Å². The minimum atomic E-state index is 0.721. The Morgan fingerprint density at radius 3 is 2.93 bits per heavy atom. The lowest BCUT2D eigenvalue weighted by Crippen LogP contribution is -2.32. The van der Waals surface area contributed by atoms with Crippen molar-refractivity contribution >= 4 is 0 Å². The molecule has 2 rings (SSSR count). The Kier molecular flexibility index (Phi) is 3.41. The molecular formula is C13H21N. The summed E-state index contributed by atoms with van der Waals surface area (Å²) in [5.74, 6) is 0.824. The Hall–Kier alpha value is -0.560. The molecule has 1 nitrogen and oxygen atoms in total. The molecule has 1 saturated heterocycles. The number of allylic oxidation sites excluding steroid dienone is 3. The Morgan fingerprint density at radius 1 is 1.36 bits per heavy atom. The molecule has 2 aliphatic rings. The summed E-state index contributed by atoms with van der Waals surface area (Å²) in [6, 6.07) is 0.721. The highest BCUT2D eigenvalue weighted by Crippen LogP contribution is 2.23. The molecule has 0 aromatic rings. The van der Waals surface area contributed by atoms with Crippen LogP contribution in [0.2, 0.25) is 0 Å². The molecule has 1 aliphatic carbocycles. The second-order valence-corrected chi connectivity index (χ2v) is 4.69. The van der Waals surface area contributed by atoms with Gasteiger partial charge in [-0.05, 0) is 44.9 Å². The predicted octanol–water partition coefficient (Wildman–Crippen LogP) is 3.04. The summed E-state index contributed by atoms with van der Waals surface area (Å²) in [6.45, 7) is 3.40. The van der Waals surface area contributed by atoms with E-state index in [9.17, 15) is 0 Å². The average molecular weight is 191 g/mol. The molecule has 1 heterocycles. The molecule has 0 aromatic heterocycles. The zero-order valence-corrected chi connectivity index (χ0v) is 9.13. The monoisotopic (exact) mass is 191 g/mol. The Bertz CT molecular complexity index is 230. The standard InChI is InChI=1S/C13H21N/c1-11-7-8-13(10-14-11)9-12-5-3-2-4-6-12/h2-3,9,11-12,14H,4-8,10H2,1H3/b13-9-. The largest absolute Gasteiger partial charge is 0.311 e. The van der Waals surface area contributed by atoms with Crippen LogP contribution in [0.15, 0.2) is 23.8 Å². The first-order valence-corrected chi connectivity index (χ1v) is 5.92. The van der Waals surface area contributed by atoms with E-state index in [4.69, 9.17) is 0 Å². The van der Waals surface area contributed by atoms with Crippen molar-refractivity contribution < 1.29 is 0 Å². The van der Waals surface area contributed by atoms with Crippen LogP contribution in [-0.2, 0) is 0 Å².